The minimum Gasteiger partial charge on any atom is -0.309 e. The third-order valence-corrected chi connectivity index (χ3v) is 2.04. The Morgan fingerprint density at radius 3 is 2.75 bits per heavy atom. The lowest BCUT2D eigenvalue weighted by Crippen LogP contribution is -2.22. The Morgan fingerprint density at radius 1 is 1.31 bits per heavy atom. The van der Waals surface area contributed by atoms with Gasteiger partial charge in [-0.15, -0.1) is 0 Å². The zero-order valence-corrected chi connectivity index (χ0v) is 9.33. The first-order valence-corrected chi connectivity index (χ1v) is 5.15. The van der Waals surface area contributed by atoms with Crippen molar-refractivity contribution in [2.24, 2.45) is 0 Å². The van der Waals surface area contributed by atoms with Crippen LogP contribution in [-0.4, -0.2) is 30.8 Å². The maximum absolute atomic E-state index is 4.29. The van der Waals surface area contributed by atoms with Gasteiger partial charge in [0.1, 0.15) is 12.7 Å². The summed E-state index contributed by atoms with van der Waals surface area (Å²) < 4.78 is 1.58. The van der Waals surface area contributed by atoms with Crippen LogP contribution in [0.5, 0.6) is 0 Å². The van der Waals surface area contributed by atoms with Crippen LogP contribution < -0.4 is 5.32 Å². The van der Waals surface area contributed by atoms with Crippen molar-refractivity contribution in [1.82, 2.24) is 30.0 Å². The molecule has 0 aliphatic carbocycles. The third kappa shape index (κ3) is 2.60. The van der Waals surface area contributed by atoms with Crippen LogP contribution in [0.25, 0.3) is 5.82 Å². The molecular formula is C10H14N6. The van der Waals surface area contributed by atoms with E-state index in [-0.39, 0.29) is 0 Å². The Bertz CT molecular complexity index is 419. The van der Waals surface area contributed by atoms with Gasteiger partial charge in [0.05, 0.1) is 18.1 Å². The van der Waals surface area contributed by atoms with E-state index in [2.05, 4.69) is 39.2 Å². The second-order valence-electron chi connectivity index (χ2n) is 3.74. The SMILES string of the molecule is CC(C)NCc1cnc(-n2cncn2)cn1. The number of hydrogen-bond acceptors (Lipinski definition) is 5. The van der Waals surface area contributed by atoms with Crippen LogP contribution in [0.4, 0.5) is 0 Å². The van der Waals surface area contributed by atoms with E-state index in [0.29, 0.717) is 11.9 Å². The van der Waals surface area contributed by atoms with Crippen molar-refractivity contribution in [2.45, 2.75) is 26.4 Å². The van der Waals surface area contributed by atoms with Crippen LogP contribution in [0, 0.1) is 0 Å². The molecular weight excluding hydrogens is 204 g/mol. The Hall–Kier alpha value is -1.82. The molecule has 0 atom stereocenters. The minimum absolute atomic E-state index is 0.441. The van der Waals surface area contributed by atoms with Gasteiger partial charge in [-0.05, 0) is 0 Å². The first kappa shape index (κ1) is 10.7. The van der Waals surface area contributed by atoms with E-state index in [9.17, 15) is 0 Å². The summed E-state index contributed by atoms with van der Waals surface area (Å²) in [6.45, 7) is 4.91. The number of nitrogens with zero attached hydrogens (tertiary/aromatic N) is 5. The van der Waals surface area contributed by atoms with E-state index < -0.39 is 0 Å². The van der Waals surface area contributed by atoms with Gasteiger partial charge >= 0.3 is 0 Å². The van der Waals surface area contributed by atoms with Crippen LogP contribution in [0.2, 0.25) is 0 Å². The molecule has 0 aliphatic heterocycles. The normalized spacial score (nSPS) is 10.9. The van der Waals surface area contributed by atoms with Crippen molar-refractivity contribution in [3.05, 3.63) is 30.7 Å². The summed E-state index contributed by atoms with van der Waals surface area (Å²) in [4.78, 5) is 12.4. The molecule has 0 radical (unpaired) electrons. The first-order chi connectivity index (χ1) is 7.75. The highest BCUT2D eigenvalue weighted by Crippen LogP contribution is 2.00. The Balaban J connectivity index is 2.05. The van der Waals surface area contributed by atoms with Crippen molar-refractivity contribution in [3.63, 3.8) is 0 Å². The molecule has 2 aromatic rings. The average molecular weight is 218 g/mol. The fourth-order valence-corrected chi connectivity index (χ4v) is 1.19. The van der Waals surface area contributed by atoms with Gasteiger partial charge in [0.15, 0.2) is 5.82 Å². The standard InChI is InChI=1S/C10H14N6/c1-8(2)12-3-9-4-14-10(5-13-9)16-7-11-6-15-16/h4-8,12H,3H2,1-2H3. The summed E-state index contributed by atoms with van der Waals surface area (Å²) in [5, 5.41) is 7.26. The van der Waals surface area contributed by atoms with E-state index in [1.807, 2.05) is 0 Å². The van der Waals surface area contributed by atoms with Crippen LogP contribution in [0.1, 0.15) is 19.5 Å². The van der Waals surface area contributed by atoms with Crippen molar-refractivity contribution < 1.29 is 0 Å². The van der Waals surface area contributed by atoms with Gasteiger partial charge in [-0.3, -0.25) is 4.98 Å². The lowest BCUT2D eigenvalue weighted by atomic mass is 10.3. The lowest BCUT2D eigenvalue weighted by molar-refractivity contribution is 0.579. The number of nitrogens with one attached hydrogen (secondary N) is 1. The second kappa shape index (κ2) is 4.80. The maximum atomic E-state index is 4.29. The van der Waals surface area contributed by atoms with Gasteiger partial charge in [-0.2, -0.15) is 5.10 Å². The molecule has 0 saturated heterocycles. The quantitative estimate of drug-likeness (QED) is 0.811. The Labute approximate surface area is 93.8 Å². The minimum atomic E-state index is 0.441. The van der Waals surface area contributed by atoms with E-state index in [1.165, 1.54) is 6.33 Å². The predicted octanol–water partition coefficient (Wildman–Crippen LogP) is 0.555. The van der Waals surface area contributed by atoms with E-state index in [4.69, 9.17) is 0 Å². The van der Waals surface area contributed by atoms with Gasteiger partial charge < -0.3 is 5.32 Å². The van der Waals surface area contributed by atoms with Crippen LogP contribution in [-0.2, 0) is 6.54 Å². The van der Waals surface area contributed by atoms with Gasteiger partial charge in [0, 0.05) is 12.6 Å². The zero-order valence-electron chi connectivity index (χ0n) is 9.33. The molecule has 16 heavy (non-hydrogen) atoms. The van der Waals surface area contributed by atoms with Gasteiger partial charge in [0.2, 0.25) is 0 Å². The molecule has 6 nitrogen and oxygen atoms in total. The number of aromatic nitrogens is 5. The highest BCUT2D eigenvalue weighted by Gasteiger charge is 2.00. The predicted molar refractivity (Wildman–Crippen MR) is 58.9 cm³/mol. The van der Waals surface area contributed by atoms with Gasteiger partial charge in [-0.25, -0.2) is 14.6 Å². The zero-order chi connectivity index (χ0) is 11.4. The van der Waals surface area contributed by atoms with Gasteiger partial charge in [0.25, 0.3) is 0 Å². The number of hydrogen-bond donors (Lipinski definition) is 1. The fraction of sp³-hybridized carbons (Fsp3) is 0.400. The van der Waals surface area contributed by atoms with Crippen molar-refractivity contribution in [3.8, 4) is 5.82 Å². The van der Waals surface area contributed by atoms with Crippen LogP contribution >= 0.6 is 0 Å². The molecule has 0 amide bonds. The summed E-state index contributed by atoms with van der Waals surface area (Å²) in [6.07, 6.45) is 6.49. The monoisotopic (exact) mass is 218 g/mol. The third-order valence-electron chi connectivity index (χ3n) is 2.04. The van der Waals surface area contributed by atoms with Crippen molar-refractivity contribution in [1.29, 1.82) is 0 Å². The summed E-state index contributed by atoms with van der Waals surface area (Å²) >= 11 is 0. The molecule has 0 unspecified atom stereocenters. The highest BCUT2D eigenvalue weighted by molar-refractivity contribution is 5.15. The fourth-order valence-electron chi connectivity index (χ4n) is 1.19. The topological polar surface area (TPSA) is 68.5 Å². The van der Waals surface area contributed by atoms with Crippen LogP contribution in [0.3, 0.4) is 0 Å². The molecule has 0 aliphatic rings. The molecule has 0 fully saturated rings. The van der Waals surface area contributed by atoms with E-state index >= 15 is 0 Å². The first-order valence-electron chi connectivity index (χ1n) is 5.15. The number of rotatable bonds is 4. The maximum Gasteiger partial charge on any atom is 0.173 e. The molecule has 2 aromatic heterocycles. The van der Waals surface area contributed by atoms with Crippen molar-refractivity contribution >= 4 is 0 Å². The van der Waals surface area contributed by atoms with Gasteiger partial charge in [-0.1, -0.05) is 13.8 Å². The summed E-state index contributed by atoms with van der Waals surface area (Å²) in [6, 6.07) is 0.441. The van der Waals surface area contributed by atoms with Crippen molar-refractivity contribution in [2.75, 3.05) is 0 Å². The lowest BCUT2D eigenvalue weighted by Gasteiger charge is -2.07. The molecule has 0 aromatic carbocycles. The molecule has 1 N–H and O–H groups in total. The Morgan fingerprint density at radius 2 is 2.19 bits per heavy atom. The largest absolute Gasteiger partial charge is 0.309 e. The molecule has 2 rings (SSSR count). The second-order valence-corrected chi connectivity index (χ2v) is 3.74. The van der Waals surface area contributed by atoms with E-state index in [0.717, 1.165) is 12.2 Å². The molecule has 84 valence electrons. The Kier molecular flexibility index (Phi) is 3.21. The summed E-state index contributed by atoms with van der Waals surface area (Å²) in [5.41, 5.74) is 0.914. The molecule has 2 heterocycles. The van der Waals surface area contributed by atoms with Crippen LogP contribution in [0.15, 0.2) is 25.0 Å². The van der Waals surface area contributed by atoms with E-state index in [1.54, 1.807) is 23.4 Å². The molecule has 6 heteroatoms. The summed E-state index contributed by atoms with van der Waals surface area (Å²) in [7, 11) is 0. The smallest absolute Gasteiger partial charge is 0.173 e. The molecule has 0 bridgehead atoms. The molecule has 0 spiro atoms. The highest BCUT2D eigenvalue weighted by atomic mass is 15.3. The summed E-state index contributed by atoms with van der Waals surface area (Å²) in [5.74, 6) is 0.672. The average Bonchev–Trinajstić information content (AvgIpc) is 2.80. The molecule has 0 saturated carbocycles.